The number of rotatable bonds is 3. The monoisotopic (exact) mass is 310 g/mol. The standard InChI is InChI=1S/C15H19BrO2/c1-5-18-14(17)13(16)12(15(2,3)4)11-9-7-6-8-10-11/h6-10H,5H2,1-4H3/b13-12+. The van der Waals surface area contributed by atoms with Crippen LogP contribution in [0, 0.1) is 5.41 Å². The molecule has 18 heavy (non-hydrogen) atoms. The van der Waals surface area contributed by atoms with Crippen LogP contribution in [0.15, 0.2) is 34.8 Å². The molecule has 0 bridgehead atoms. The minimum atomic E-state index is -0.314. The predicted octanol–water partition coefficient (Wildman–Crippen LogP) is 4.40. The Balaban J connectivity index is 3.31. The molecule has 0 aliphatic heterocycles. The van der Waals surface area contributed by atoms with Crippen molar-refractivity contribution < 1.29 is 9.53 Å². The molecule has 0 aromatic heterocycles. The zero-order chi connectivity index (χ0) is 13.8. The van der Waals surface area contributed by atoms with E-state index in [9.17, 15) is 4.79 Å². The quantitative estimate of drug-likeness (QED) is 0.611. The van der Waals surface area contributed by atoms with Gasteiger partial charge in [0.05, 0.1) is 6.61 Å². The summed E-state index contributed by atoms with van der Waals surface area (Å²) in [5, 5.41) is 0. The molecule has 1 aromatic carbocycles. The molecule has 0 unspecified atom stereocenters. The first-order valence-electron chi connectivity index (χ1n) is 6.00. The third-order valence-electron chi connectivity index (χ3n) is 2.49. The van der Waals surface area contributed by atoms with Crippen LogP contribution in [0.3, 0.4) is 0 Å². The van der Waals surface area contributed by atoms with E-state index in [-0.39, 0.29) is 11.4 Å². The van der Waals surface area contributed by atoms with Crippen LogP contribution in [0.2, 0.25) is 0 Å². The second-order valence-corrected chi connectivity index (χ2v) is 5.82. The van der Waals surface area contributed by atoms with Gasteiger partial charge in [0.1, 0.15) is 4.48 Å². The lowest BCUT2D eigenvalue weighted by molar-refractivity contribution is -0.137. The minimum Gasteiger partial charge on any atom is -0.462 e. The molecule has 0 atom stereocenters. The maximum absolute atomic E-state index is 11.9. The van der Waals surface area contributed by atoms with Crippen molar-refractivity contribution in [2.45, 2.75) is 27.7 Å². The van der Waals surface area contributed by atoms with Gasteiger partial charge in [0, 0.05) is 0 Å². The highest BCUT2D eigenvalue weighted by atomic mass is 79.9. The van der Waals surface area contributed by atoms with Crippen molar-refractivity contribution in [2.24, 2.45) is 5.41 Å². The van der Waals surface area contributed by atoms with Gasteiger partial charge in [0.25, 0.3) is 0 Å². The molecule has 0 radical (unpaired) electrons. The third kappa shape index (κ3) is 3.70. The second-order valence-electron chi connectivity index (χ2n) is 5.03. The third-order valence-corrected chi connectivity index (χ3v) is 3.21. The first-order valence-corrected chi connectivity index (χ1v) is 6.80. The molecule has 0 aliphatic carbocycles. The summed E-state index contributed by atoms with van der Waals surface area (Å²) in [7, 11) is 0. The number of hydrogen-bond donors (Lipinski definition) is 0. The van der Waals surface area contributed by atoms with Crippen LogP contribution in [0.1, 0.15) is 33.3 Å². The van der Waals surface area contributed by atoms with E-state index in [2.05, 4.69) is 36.7 Å². The molecular formula is C15H19BrO2. The number of hydrogen-bond acceptors (Lipinski definition) is 2. The summed E-state index contributed by atoms with van der Waals surface area (Å²) in [4.78, 5) is 11.9. The first-order chi connectivity index (χ1) is 8.38. The van der Waals surface area contributed by atoms with Gasteiger partial charge in [0.15, 0.2) is 0 Å². The van der Waals surface area contributed by atoms with Crippen LogP contribution < -0.4 is 0 Å². The predicted molar refractivity (Wildman–Crippen MR) is 78.4 cm³/mol. The topological polar surface area (TPSA) is 26.3 Å². The van der Waals surface area contributed by atoms with Gasteiger partial charge in [-0.05, 0) is 39.4 Å². The lowest BCUT2D eigenvalue weighted by Crippen LogP contribution is -2.14. The second kappa shape index (κ2) is 6.19. The Kier molecular flexibility index (Phi) is 5.15. The SMILES string of the molecule is CCOC(=O)/C(Br)=C(/c1ccccc1)C(C)(C)C. The fourth-order valence-electron chi connectivity index (χ4n) is 1.79. The van der Waals surface area contributed by atoms with Crippen LogP contribution in [-0.2, 0) is 9.53 Å². The fraction of sp³-hybridized carbons (Fsp3) is 0.400. The smallest absolute Gasteiger partial charge is 0.345 e. The van der Waals surface area contributed by atoms with E-state index >= 15 is 0 Å². The molecule has 0 amide bonds. The van der Waals surface area contributed by atoms with E-state index in [1.807, 2.05) is 30.3 Å². The normalized spacial score (nSPS) is 12.9. The summed E-state index contributed by atoms with van der Waals surface area (Å²) in [5.41, 5.74) is 1.85. The molecule has 1 rings (SSSR count). The highest BCUT2D eigenvalue weighted by Crippen LogP contribution is 2.38. The Morgan fingerprint density at radius 2 is 1.78 bits per heavy atom. The number of benzene rings is 1. The van der Waals surface area contributed by atoms with Crippen molar-refractivity contribution in [2.75, 3.05) is 6.61 Å². The lowest BCUT2D eigenvalue weighted by atomic mass is 9.82. The zero-order valence-electron chi connectivity index (χ0n) is 11.3. The van der Waals surface area contributed by atoms with E-state index in [4.69, 9.17) is 4.74 Å². The van der Waals surface area contributed by atoms with Gasteiger partial charge in [-0.1, -0.05) is 51.1 Å². The maximum atomic E-state index is 11.9. The fourth-order valence-corrected chi connectivity index (χ4v) is 2.73. The van der Waals surface area contributed by atoms with Crippen LogP contribution in [0.5, 0.6) is 0 Å². The van der Waals surface area contributed by atoms with E-state index in [1.54, 1.807) is 6.92 Å². The summed E-state index contributed by atoms with van der Waals surface area (Å²) >= 11 is 3.39. The molecule has 0 saturated carbocycles. The molecule has 0 saturated heterocycles. The van der Waals surface area contributed by atoms with Gasteiger partial charge in [0.2, 0.25) is 0 Å². The maximum Gasteiger partial charge on any atom is 0.345 e. The van der Waals surface area contributed by atoms with Crippen molar-refractivity contribution in [1.29, 1.82) is 0 Å². The van der Waals surface area contributed by atoms with Crippen molar-refractivity contribution >= 4 is 27.5 Å². The van der Waals surface area contributed by atoms with Crippen LogP contribution in [0.4, 0.5) is 0 Å². The summed E-state index contributed by atoms with van der Waals surface area (Å²) in [5.74, 6) is -0.314. The molecule has 2 nitrogen and oxygen atoms in total. The molecule has 0 aliphatic rings. The van der Waals surface area contributed by atoms with E-state index in [1.165, 1.54) is 0 Å². The lowest BCUT2D eigenvalue weighted by Gasteiger charge is -2.25. The Morgan fingerprint density at radius 3 is 2.22 bits per heavy atom. The Labute approximate surface area is 117 Å². The average Bonchev–Trinajstić information content (AvgIpc) is 2.29. The molecule has 0 spiro atoms. The largest absolute Gasteiger partial charge is 0.462 e. The number of allylic oxidation sites excluding steroid dienone is 1. The summed E-state index contributed by atoms with van der Waals surface area (Å²) < 4.78 is 5.56. The van der Waals surface area contributed by atoms with E-state index < -0.39 is 0 Å². The number of carbonyl (C=O) groups is 1. The molecule has 3 heteroatoms. The average molecular weight is 311 g/mol. The molecule has 1 aromatic rings. The van der Waals surface area contributed by atoms with Gasteiger partial charge in [-0.3, -0.25) is 0 Å². The highest BCUT2D eigenvalue weighted by Gasteiger charge is 2.25. The number of carbonyl (C=O) groups excluding carboxylic acids is 1. The van der Waals surface area contributed by atoms with Crippen molar-refractivity contribution in [3.8, 4) is 0 Å². The zero-order valence-corrected chi connectivity index (χ0v) is 12.9. The molecular weight excluding hydrogens is 292 g/mol. The van der Waals surface area contributed by atoms with Gasteiger partial charge >= 0.3 is 5.97 Å². The number of esters is 1. The molecule has 0 heterocycles. The number of halogens is 1. The Morgan fingerprint density at radius 1 is 1.22 bits per heavy atom. The highest BCUT2D eigenvalue weighted by molar-refractivity contribution is 9.12. The Hall–Kier alpha value is -1.09. The Bertz CT molecular complexity index is 441. The van der Waals surface area contributed by atoms with Gasteiger partial charge in [-0.25, -0.2) is 4.79 Å². The van der Waals surface area contributed by atoms with Gasteiger partial charge < -0.3 is 4.74 Å². The van der Waals surface area contributed by atoms with E-state index in [0.717, 1.165) is 11.1 Å². The molecule has 98 valence electrons. The summed E-state index contributed by atoms with van der Waals surface area (Å²) in [6, 6.07) is 9.89. The van der Waals surface area contributed by atoms with Crippen molar-refractivity contribution in [3.63, 3.8) is 0 Å². The summed E-state index contributed by atoms with van der Waals surface area (Å²) in [6.07, 6.45) is 0. The molecule has 0 fully saturated rings. The number of ether oxygens (including phenoxy) is 1. The van der Waals surface area contributed by atoms with Crippen molar-refractivity contribution in [3.05, 3.63) is 40.4 Å². The van der Waals surface area contributed by atoms with Crippen LogP contribution in [0.25, 0.3) is 5.57 Å². The van der Waals surface area contributed by atoms with Crippen LogP contribution >= 0.6 is 15.9 Å². The van der Waals surface area contributed by atoms with Crippen LogP contribution in [-0.4, -0.2) is 12.6 Å². The molecule has 0 N–H and O–H groups in total. The van der Waals surface area contributed by atoms with Gasteiger partial charge in [-0.2, -0.15) is 0 Å². The minimum absolute atomic E-state index is 0.146. The van der Waals surface area contributed by atoms with Gasteiger partial charge in [-0.15, -0.1) is 0 Å². The van der Waals surface area contributed by atoms with E-state index in [0.29, 0.717) is 11.1 Å². The van der Waals surface area contributed by atoms with Crippen molar-refractivity contribution in [1.82, 2.24) is 0 Å². The summed E-state index contributed by atoms with van der Waals surface area (Å²) in [6.45, 7) is 8.42. The first kappa shape index (κ1) is 15.0.